The van der Waals surface area contributed by atoms with Crippen molar-refractivity contribution < 1.29 is 41.2 Å². The summed E-state index contributed by atoms with van der Waals surface area (Å²) in [6, 6.07) is 39.3. The Bertz CT molecular complexity index is 2930. The van der Waals surface area contributed by atoms with E-state index in [1.165, 1.54) is 93.7 Å². The van der Waals surface area contributed by atoms with Crippen LogP contribution in [0, 0.1) is 55.8 Å². The first-order valence-corrected chi connectivity index (χ1v) is 29.2. The molecule has 4 nitrogen and oxygen atoms in total. The second-order valence-corrected chi connectivity index (χ2v) is 29.6. The molecule has 0 radical (unpaired) electrons. The number of phenols is 2. The van der Waals surface area contributed by atoms with Gasteiger partial charge in [0, 0.05) is 71.7 Å². The minimum absolute atomic E-state index is 0. The van der Waals surface area contributed by atoms with Crippen molar-refractivity contribution in [1.82, 2.24) is 4.98 Å². The SMILES string of the molecule is CC(C)(C)CC(C)(C)c1ccc(Oc2cc(-c3ccccc3-c3cc(C(C)(C)C)cc(C45CC6CC(CC(C6)C4)C5)c3O)nc(-c3ccccc3-c3cc(C(C)(C)C)cc(C45CC6CC(CC(C6)C4)C5)c3O)c2)cc1.[CH3-].[CH3-].[Zr]. The predicted molar refractivity (Wildman–Crippen MR) is 323 cm³/mol. The molecule has 2 N–H and O–H groups in total. The van der Waals surface area contributed by atoms with Crippen LogP contribution < -0.4 is 4.74 Å². The van der Waals surface area contributed by atoms with Crippen LogP contribution in [-0.4, -0.2) is 15.2 Å². The van der Waals surface area contributed by atoms with E-state index in [4.69, 9.17) is 9.72 Å². The summed E-state index contributed by atoms with van der Waals surface area (Å²) < 4.78 is 7.01. The molecule has 5 aromatic carbocycles. The molecule has 1 aromatic heterocycles. The number of hydrogen-bond donors (Lipinski definition) is 2. The third-order valence-corrected chi connectivity index (χ3v) is 19.8. The van der Waals surface area contributed by atoms with Crippen LogP contribution >= 0.6 is 0 Å². The van der Waals surface area contributed by atoms with Crippen molar-refractivity contribution in [2.24, 2.45) is 40.9 Å². The Morgan fingerprint density at radius 1 is 0.436 bits per heavy atom. The summed E-state index contributed by atoms with van der Waals surface area (Å²) in [7, 11) is 0. The summed E-state index contributed by atoms with van der Waals surface area (Å²) in [5.74, 6) is 6.86. The Balaban J connectivity index is 0.00000247. The van der Waals surface area contributed by atoms with E-state index in [9.17, 15) is 10.2 Å². The maximum atomic E-state index is 13.0. The molecule has 0 atom stereocenters. The van der Waals surface area contributed by atoms with Crippen molar-refractivity contribution in [2.45, 2.75) is 187 Å². The second kappa shape index (κ2) is 20.8. The molecule has 14 rings (SSSR count). The fourth-order valence-electron chi connectivity index (χ4n) is 17.5. The van der Waals surface area contributed by atoms with E-state index < -0.39 is 0 Å². The maximum Gasteiger partial charge on any atom is 0.131 e. The molecule has 78 heavy (non-hydrogen) atoms. The molecule has 0 aliphatic heterocycles. The van der Waals surface area contributed by atoms with Crippen LogP contribution in [0.15, 0.2) is 109 Å². The Morgan fingerprint density at radius 3 is 1.12 bits per heavy atom. The van der Waals surface area contributed by atoms with Crippen LogP contribution in [0.5, 0.6) is 23.0 Å². The Morgan fingerprint density at radius 2 is 0.782 bits per heavy atom. The van der Waals surface area contributed by atoms with Crippen molar-refractivity contribution in [1.29, 1.82) is 0 Å². The molecule has 0 unspecified atom stereocenters. The van der Waals surface area contributed by atoms with Gasteiger partial charge in [-0.25, -0.2) is 4.98 Å². The van der Waals surface area contributed by atoms with E-state index in [0.29, 0.717) is 17.2 Å². The average molecular weight is 1120 g/mol. The normalized spacial score (nSPS) is 26.0. The Labute approximate surface area is 490 Å². The fraction of sp³-hybridized carbons (Fsp3) is 0.493. The molecular formula is C73H91NO3Zr-2. The predicted octanol–water partition coefficient (Wildman–Crippen LogP) is 20.1. The first kappa shape index (κ1) is 58.2. The Hall–Kier alpha value is -4.47. The van der Waals surface area contributed by atoms with Gasteiger partial charge in [0.2, 0.25) is 0 Å². The molecule has 5 heteroatoms. The molecule has 0 spiro atoms. The van der Waals surface area contributed by atoms with E-state index >= 15 is 0 Å². The van der Waals surface area contributed by atoms with Gasteiger partial charge in [-0.2, -0.15) is 0 Å². The fourth-order valence-corrected chi connectivity index (χ4v) is 17.5. The van der Waals surface area contributed by atoms with E-state index in [2.05, 4.69) is 185 Å². The number of nitrogens with zero attached hydrogens (tertiary/aromatic N) is 1. The van der Waals surface area contributed by atoms with Gasteiger partial charge >= 0.3 is 0 Å². The van der Waals surface area contributed by atoms with Gasteiger partial charge in [-0.1, -0.05) is 149 Å². The number of aromatic nitrogens is 1. The maximum absolute atomic E-state index is 13.0. The van der Waals surface area contributed by atoms with E-state index in [1.54, 1.807) is 0 Å². The first-order chi connectivity index (χ1) is 35.4. The molecule has 412 valence electrons. The van der Waals surface area contributed by atoms with Crippen molar-refractivity contribution in [3.63, 3.8) is 0 Å². The number of benzene rings is 5. The van der Waals surface area contributed by atoms with Gasteiger partial charge in [-0.3, -0.25) is 0 Å². The molecule has 8 fully saturated rings. The van der Waals surface area contributed by atoms with Crippen LogP contribution in [-0.2, 0) is 53.3 Å². The van der Waals surface area contributed by atoms with Gasteiger partial charge in [0.1, 0.15) is 23.0 Å². The number of phenolic OH excluding ortho intramolecular Hbond substituents is 2. The summed E-state index contributed by atoms with van der Waals surface area (Å²) in [5.41, 5.74) is 13.2. The van der Waals surface area contributed by atoms with Gasteiger partial charge in [0.05, 0.1) is 11.4 Å². The minimum Gasteiger partial charge on any atom is -0.507 e. The van der Waals surface area contributed by atoms with E-state index in [-0.39, 0.29) is 73.5 Å². The first-order valence-electron chi connectivity index (χ1n) is 29.2. The molecule has 0 amide bonds. The monoisotopic (exact) mass is 1120 g/mol. The van der Waals surface area contributed by atoms with Gasteiger partial charge in [-0.15, -0.1) is 0 Å². The number of hydrogen-bond acceptors (Lipinski definition) is 4. The van der Waals surface area contributed by atoms with E-state index in [0.717, 1.165) is 104 Å². The van der Waals surface area contributed by atoms with Crippen molar-refractivity contribution in [3.8, 4) is 67.8 Å². The largest absolute Gasteiger partial charge is 0.507 e. The third kappa shape index (κ3) is 10.8. The van der Waals surface area contributed by atoms with Crippen LogP contribution in [0.25, 0.3) is 44.8 Å². The van der Waals surface area contributed by atoms with Crippen LogP contribution in [0.3, 0.4) is 0 Å². The summed E-state index contributed by atoms with van der Waals surface area (Å²) in [6.45, 7) is 25.5. The Kier molecular flexibility index (Phi) is 15.5. The van der Waals surface area contributed by atoms with Crippen molar-refractivity contribution in [2.75, 3.05) is 0 Å². The summed E-state index contributed by atoms with van der Waals surface area (Å²) >= 11 is 0. The zero-order valence-corrected chi connectivity index (χ0v) is 52.3. The molecule has 1 heterocycles. The quantitative estimate of drug-likeness (QED) is 0.134. The summed E-state index contributed by atoms with van der Waals surface area (Å²) in [4.78, 5) is 5.68. The number of rotatable bonds is 10. The van der Waals surface area contributed by atoms with Crippen molar-refractivity contribution in [3.05, 3.63) is 152 Å². The molecule has 8 bridgehead atoms. The zero-order chi connectivity index (χ0) is 52.6. The van der Waals surface area contributed by atoms with Gasteiger partial charge in [0.25, 0.3) is 0 Å². The van der Waals surface area contributed by atoms with Crippen LogP contribution in [0.1, 0.15) is 187 Å². The minimum atomic E-state index is -0.125. The van der Waals surface area contributed by atoms with E-state index in [1.807, 2.05) is 0 Å². The molecule has 0 saturated heterocycles. The van der Waals surface area contributed by atoms with Crippen molar-refractivity contribution >= 4 is 0 Å². The van der Waals surface area contributed by atoms with Gasteiger partial charge < -0.3 is 29.8 Å². The number of pyridine rings is 1. The molecule has 6 aromatic rings. The standard InChI is InChI=1S/C71H85NO3.2CH3.Zr/c1-66(2,3)42-69(10,11)49-20-22-52(23-21-49)75-53-34-62(56-18-14-12-16-54(56)58-30-50(67(4,5)6)32-60(64(58)73)70-36-43-24-44(37-70)26-45(25-43)38-70)72-63(35-53)57-19-15-13-17-55(57)59-31-51(68(7,8)9)33-61(65(59)74)71-39-46-27-47(40-71)29-48(28-46)41-71;;;/h12-23,30-35,43-48,73-74H,24-29,36-42H2,1-11H3;2*1H3;/q;2*-1;. The van der Waals surface area contributed by atoms with Gasteiger partial charge in [0.15, 0.2) is 0 Å². The van der Waals surface area contributed by atoms with Crippen LogP contribution in [0.4, 0.5) is 0 Å². The summed E-state index contributed by atoms with van der Waals surface area (Å²) in [6.07, 6.45) is 16.3. The van der Waals surface area contributed by atoms with Crippen LogP contribution in [0.2, 0.25) is 0 Å². The smallest absolute Gasteiger partial charge is 0.131 e. The molecular weight excluding hydrogens is 1030 g/mol. The molecule has 8 saturated carbocycles. The topological polar surface area (TPSA) is 62.6 Å². The third-order valence-electron chi connectivity index (χ3n) is 19.8. The average Bonchev–Trinajstić information content (AvgIpc) is 3.53. The molecule has 8 aliphatic carbocycles. The molecule has 8 aliphatic rings. The summed E-state index contributed by atoms with van der Waals surface area (Å²) in [5, 5.41) is 25.9. The number of aromatic hydroxyl groups is 2. The zero-order valence-electron chi connectivity index (χ0n) is 49.8. The number of ether oxygens (including phenoxy) is 1. The second-order valence-electron chi connectivity index (χ2n) is 29.6. The van der Waals surface area contributed by atoms with Gasteiger partial charge in [-0.05, 0) is 204 Å².